The van der Waals surface area contributed by atoms with Crippen molar-refractivity contribution in [2.45, 2.75) is 61.8 Å². The van der Waals surface area contributed by atoms with Gasteiger partial charge in [0.25, 0.3) is 0 Å². The molecule has 0 radical (unpaired) electrons. The molecule has 0 atom stereocenters. The molecule has 0 unspecified atom stereocenters. The first kappa shape index (κ1) is 23.4. The second-order valence-electron chi connectivity index (χ2n) is 9.64. The summed E-state index contributed by atoms with van der Waals surface area (Å²) in [5.74, 6) is 0.697. The molecule has 7 nitrogen and oxygen atoms in total. The Morgan fingerprint density at radius 3 is 2.62 bits per heavy atom. The minimum Gasteiger partial charge on any atom is -0.356 e. The summed E-state index contributed by atoms with van der Waals surface area (Å²) in [6.45, 7) is 3.13. The summed E-state index contributed by atoms with van der Waals surface area (Å²) in [6, 6.07) is 7.87. The second kappa shape index (κ2) is 10.1. The number of nitrogens with zero attached hydrogens (tertiary/aromatic N) is 3. The summed E-state index contributed by atoms with van der Waals surface area (Å²) < 4.78 is 46.7. The Kier molecular flexibility index (Phi) is 6.94. The molecule has 182 valence electrons. The molecule has 0 bridgehead atoms. The molecule has 1 saturated heterocycles. The van der Waals surface area contributed by atoms with Crippen LogP contribution in [0.1, 0.15) is 56.6 Å². The molecule has 0 amide bonds. The highest BCUT2D eigenvalue weighted by molar-refractivity contribution is 7.89. The van der Waals surface area contributed by atoms with Crippen LogP contribution in [-0.4, -0.2) is 49.1 Å². The van der Waals surface area contributed by atoms with Crippen LogP contribution in [0.25, 0.3) is 11.0 Å². The molecule has 1 N–H and O–H groups in total. The van der Waals surface area contributed by atoms with Gasteiger partial charge in [-0.3, -0.25) is 4.98 Å². The minimum absolute atomic E-state index is 0.00274. The molecule has 5 rings (SSSR count). The molecule has 1 aromatic carbocycles. The zero-order chi connectivity index (χ0) is 23.5. The number of pyridine rings is 1. The van der Waals surface area contributed by atoms with Gasteiger partial charge in [0.15, 0.2) is 5.58 Å². The monoisotopic (exact) mass is 486 g/mol. The van der Waals surface area contributed by atoms with E-state index < -0.39 is 10.0 Å². The zero-order valence-corrected chi connectivity index (χ0v) is 20.0. The van der Waals surface area contributed by atoms with Crippen LogP contribution in [0.5, 0.6) is 0 Å². The molecule has 2 aliphatic rings. The molecule has 3 aromatic rings. The molecule has 34 heavy (non-hydrogen) atoms. The van der Waals surface area contributed by atoms with Gasteiger partial charge in [-0.05, 0) is 94.8 Å². The van der Waals surface area contributed by atoms with Crippen molar-refractivity contribution in [1.82, 2.24) is 19.8 Å². The van der Waals surface area contributed by atoms with Crippen molar-refractivity contribution in [3.05, 3.63) is 54.2 Å². The highest BCUT2D eigenvalue weighted by Crippen LogP contribution is 2.34. The first-order valence-corrected chi connectivity index (χ1v) is 13.7. The maximum absolute atomic E-state index is 13.4. The van der Waals surface area contributed by atoms with Crippen molar-refractivity contribution in [1.29, 1.82) is 0 Å². The third-order valence-electron chi connectivity index (χ3n) is 7.40. The van der Waals surface area contributed by atoms with Crippen LogP contribution in [0.3, 0.4) is 0 Å². The van der Waals surface area contributed by atoms with Gasteiger partial charge in [0.2, 0.25) is 10.0 Å². The lowest BCUT2D eigenvalue weighted by Crippen LogP contribution is -2.38. The largest absolute Gasteiger partial charge is 0.356 e. The molecule has 2 fully saturated rings. The van der Waals surface area contributed by atoms with Crippen molar-refractivity contribution in [3.8, 4) is 0 Å². The third-order valence-corrected chi connectivity index (χ3v) is 8.91. The van der Waals surface area contributed by atoms with Crippen LogP contribution in [0.15, 0.2) is 52.1 Å². The summed E-state index contributed by atoms with van der Waals surface area (Å²) in [6.07, 6.45) is 10.0. The molecule has 1 saturated carbocycles. The lowest BCUT2D eigenvalue weighted by atomic mass is 9.84. The lowest BCUT2D eigenvalue weighted by molar-refractivity contribution is 0.183. The number of rotatable bonds is 7. The second-order valence-corrected chi connectivity index (χ2v) is 11.4. The molecule has 1 aliphatic heterocycles. The van der Waals surface area contributed by atoms with Crippen LogP contribution >= 0.6 is 0 Å². The molecular weight excluding hydrogens is 455 g/mol. The Hall–Kier alpha value is -2.36. The number of aromatic nitrogens is 2. The Labute approximate surface area is 199 Å². The van der Waals surface area contributed by atoms with Gasteiger partial charge in [0.05, 0.1) is 5.69 Å². The van der Waals surface area contributed by atoms with Crippen molar-refractivity contribution in [3.63, 3.8) is 0 Å². The highest BCUT2D eigenvalue weighted by atomic mass is 32.2. The number of sulfonamides is 1. The lowest BCUT2D eigenvalue weighted by Gasteiger charge is -2.34. The van der Waals surface area contributed by atoms with Gasteiger partial charge in [-0.2, -0.15) is 0 Å². The highest BCUT2D eigenvalue weighted by Gasteiger charge is 2.28. The number of nitrogens with one attached hydrogen (secondary N) is 1. The van der Waals surface area contributed by atoms with Gasteiger partial charge in [-0.1, -0.05) is 5.16 Å². The number of hydrogen-bond acceptors (Lipinski definition) is 6. The van der Waals surface area contributed by atoms with E-state index in [1.807, 2.05) is 0 Å². The van der Waals surface area contributed by atoms with Crippen LogP contribution in [-0.2, 0) is 10.0 Å². The SMILES string of the molecule is O=S(=O)(NC1CCC(CCN2CCC(c3noc4cc(F)ccc34)CC2)CC1)c1cccnc1. The van der Waals surface area contributed by atoms with Gasteiger partial charge in [0, 0.05) is 35.8 Å². The first-order chi connectivity index (χ1) is 16.5. The predicted octanol–water partition coefficient (Wildman–Crippen LogP) is 4.47. The molecular formula is C25H31FN4O3S. The number of halogens is 1. The van der Waals surface area contributed by atoms with E-state index in [1.165, 1.54) is 18.3 Å². The van der Waals surface area contributed by atoms with Crippen molar-refractivity contribution >= 4 is 21.0 Å². The standard InChI is InChI=1S/C25H31FN4O3S/c26-20-5-8-23-24(16-20)33-28-25(23)19-10-14-30(15-11-19)13-9-18-3-6-21(7-4-18)29-34(31,32)22-2-1-12-27-17-22/h1-2,5,8,12,16-19,21,29H,3-4,6-7,9-11,13-15H2. The Balaban J connectivity index is 1.05. The molecule has 2 aromatic heterocycles. The number of hydrogen-bond donors (Lipinski definition) is 1. The quantitative estimate of drug-likeness (QED) is 0.530. The summed E-state index contributed by atoms with van der Waals surface area (Å²) in [5.41, 5.74) is 1.48. The van der Waals surface area contributed by atoms with Crippen LogP contribution in [0, 0.1) is 11.7 Å². The number of fused-ring (bicyclic) bond motifs is 1. The van der Waals surface area contributed by atoms with E-state index in [1.54, 1.807) is 24.4 Å². The molecule has 9 heteroatoms. The van der Waals surface area contributed by atoms with E-state index in [9.17, 15) is 12.8 Å². The predicted molar refractivity (Wildman–Crippen MR) is 127 cm³/mol. The van der Waals surface area contributed by atoms with E-state index in [0.717, 1.165) is 75.7 Å². The summed E-state index contributed by atoms with van der Waals surface area (Å²) in [7, 11) is -3.50. The normalized spacial score (nSPS) is 22.9. The molecule has 1 aliphatic carbocycles. The number of benzene rings is 1. The maximum Gasteiger partial charge on any atom is 0.242 e. The van der Waals surface area contributed by atoms with Gasteiger partial charge in [-0.15, -0.1) is 0 Å². The molecule has 3 heterocycles. The van der Waals surface area contributed by atoms with Gasteiger partial charge in [0.1, 0.15) is 10.7 Å². The number of piperidine rings is 1. The molecule has 0 spiro atoms. The van der Waals surface area contributed by atoms with Gasteiger partial charge < -0.3 is 9.42 Å². The van der Waals surface area contributed by atoms with Crippen LogP contribution < -0.4 is 4.72 Å². The minimum atomic E-state index is -3.50. The topological polar surface area (TPSA) is 88.3 Å². The first-order valence-electron chi connectivity index (χ1n) is 12.2. The summed E-state index contributed by atoms with van der Waals surface area (Å²) in [5, 5.41) is 5.17. The average Bonchev–Trinajstić information content (AvgIpc) is 3.27. The summed E-state index contributed by atoms with van der Waals surface area (Å²) >= 11 is 0. The fourth-order valence-corrected chi connectivity index (χ4v) is 6.65. The van der Waals surface area contributed by atoms with Crippen LogP contribution in [0.2, 0.25) is 0 Å². The Morgan fingerprint density at radius 1 is 1.09 bits per heavy atom. The van der Waals surface area contributed by atoms with Gasteiger partial charge >= 0.3 is 0 Å². The van der Waals surface area contributed by atoms with Crippen molar-refractivity contribution < 1.29 is 17.3 Å². The van der Waals surface area contributed by atoms with E-state index in [0.29, 0.717) is 17.4 Å². The van der Waals surface area contributed by atoms with E-state index >= 15 is 0 Å². The summed E-state index contributed by atoms with van der Waals surface area (Å²) in [4.78, 5) is 6.67. The van der Waals surface area contributed by atoms with Crippen molar-refractivity contribution in [2.24, 2.45) is 5.92 Å². The maximum atomic E-state index is 13.4. The Bertz CT molecular complexity index is 1200. The third kappa shape index (κ3) is 5.31. The smallest absolute Gasteiger partial charge is 0.242 e. The van der Waals surface area contributed by atoms with Crippen LogP contribution in [0.4, 0.5) is 4.39 Å². The van der Waals surface area contributed by atoms with Gasteiger partial charge in [-0.25, -0.2) is 17.5 Å². The van der Waals surface area contributed by atoms with E-state index in [4.69, 9.17) is 4.52 Å². The fourth-order valence-electron chi connectivity index (χ4n) is 5.38. The average molecular weight is 487 g/mol. The van der Waals surface area contributed by atoms with E-state index in [2.05, 4.69) is 19.8 Å². The zero-order valence-electron chi connectivity index (χ0n) is 19.2. The van der Waals surface area contributed by atoms with Crippen molar-refractivity contribution in [2.75, 3.05) is 19.6 Å². The Morgan fingerprint density at radius 2 is 1.88 bits per heavy atom. The fraction of sp³-hybridized carbons (Fsp3) is 0.520. The number of likely N-dealkylation sites (tertiary alicyclic amines) is 1. The van der Waals surface area contributed by atoms with E-state index in [-0.39, 0.29) is 16.8 Å².